The lowest BCUT2D eigenvalue weighted by molar-refractivity contribution is -0.123. The largest absolute Gasteiger partial charge is 0.299 e. The highest BCUT2D eigenvalue weighted by Crippen LogP contribution is 2.54. The second kappa shape index (κ2) is 5.92. The fraction of sp³-hybridized carbons (Fsp3) is 0.429. The predicted molar refractivity (Wildman–Crippen MR) is 94.5 cm³/mol. The molecule has 1 aliphatic heterocycles. The lowest BCUT2D eigenvalue weighted by Gasteiger charge is -2.16. The van der Waals surface area contributed by atoms with Crippen molar-refractivity contribution in [2.24, 2.45) is 16.3 Å². The summed E-state index contributed by atoms with van der Waals surface area (Å²) in [5.41, 5.74) is 1.92. The third-order valence-corrected chi connectivity index (χ3v) is 5.54. The van der Waals surface area contributed by atoms with Gasteiger partial charge in [-0.3, -0.25) is 9.79 Å². The van der Waals surface area contributed by atoms with Gasteiger partial charge in [0.2, 0.25) is 0 Å². The molecular weight excluding hydrogens is 282 g/mol. The van der Waals surface area contributed by atoms with Gasteiger partial charge in [0.15, 0.2) is 0 Å². The van der Waals surface area contributed by atoms with E-state index in [4.69, 9.17) is 4.99 Å². The molecule has 0 amide bonds. The lowest BCUT2D eigenvalue weighted by Crippen LogP contribution is -2.22. The van der Waals surface area contributed by atoms with Crippen molar-refractivity contribution in [2.75, 3.05) is 0 Å². The van der Waals surface area contributed by atoms with Gasteiger partial charge in [-0.2, -0.15) is 0 Å². The number of fused-ring (bicyclic) bond motifs is 1. The van der Waals surface area contributed by atoms with Crippen LogP contribution in [0.25, 0.3) is 6.08 Å². The minimum atomic E-state index is -0.243. The Morgan fingerprint density at radius 3 is 2.70 bits per heavy atom. The summed E-state index contributed by atoms with van der Waals surface area (Å²) in [6, 6.07) is 10.4. The number of hydrogen-bond acceptors (Lipinski definition) is 2. The first-order chi connectivity index (χ1) is 11.3. The third-order valence-electron chi connectivity index (χ3n) is 5.54. The normalized spacial score (nSPS) is 29.6. The van der Waals surface area contributed by atoms with Gasteiger partial charge in [0.1, 0.15) is 5.78 Å². The van der Waals surface area contributed by atoms with Crippen molar-refractivity contribution in [3.05, 3.63) is 54.1 Å². The number of hydrogen-bond donors (Lipinski definition) is 0. The predicted octanol–water partition coefficient (Wildman–Crippen LogP) is 4.62. The molecule has 23 heavy (non-hydrogen) atoms. The maximum atomic E-state index is 12.7. The zero-order valence-corrected chi connectivity index (χ0v) is 13.4. The number of allylic oxidation sites excluding steroid dienone is 2. The van der Waals surface area contributed by atoms with Crippen molar-refractivity contribution in [1.29, 1.82) is 0 Å². The third kappa shape index (κ3) is 2.95. The molecule has 2 aliphatic carbocycles. The monoisotopic (exact) mass is 305 g/mol. The van der Waals surface area contributed by atoms with Gasteiger partial charge in [0, 0.05) is 6.42 Å². The molecular formula is C21H23NO. The van der Waals surface area contributed by atoms with Crippen LogP contribution in [0.2, 0.25) is 0 Å². The Bertz CT molecular complexity index is 679. The summed E-state index contributed by atoms with van der Waals surface area (Å²) < 4.78 is 0. The van der Waals surface area contributed by atoms with E-state index in [0.717, 1.165) is 18.6 Å². The van der Waals surface area contributed by atoms with E-state index in [9.17, 15) is 4.79 Å². The molecule has 2 saturated carbocycles. The smallest absolute Gasteiger partial charge is 0.145 e. The molecule has 2 unspecified atom stereocenters. The summed E-state index contributed by atoms with van der Waals surface area (Å²) >= 11 is 0. The van der Waals surface area contributed by atoms with Gasteiger partial charge >= 0.3 is 0 Å². The standard InChI is InChI=1S/C21H23NO/c23-20(14-17-8-4-5-9-17)21-13-12-18(22-19(21)15-21)11-10-16-6-2-1-3-7-16/h1-3,6-7,10-13,17,19H,4-5,8-9,14-15H2/b11-10+. The first kappa shape index (κ1) is 14.6. The summed E-state index contributed by atoms with van der Waals surface area (Å²) in [5.74, 6) is 1.07. The highest BCUT2D eigenvalue weighted by atomic mass is 16.1. The summed E-state index contributed by atoms with van der Waals surface area (Å²) in [4.78, 5) is 17.4. The first-order valence-electron chi connectivity index (χ1n) is 8.80. The number of carbonyl (C=O) groups is 1. The van der Waals surface area contributed by atoms with Gasteiger partial charge in [-0.1, -0.05) is 68.2 Å². The Hall–Kier alpha value is -1.96. The molecule has 118 valence electrons. The van der Waals surface area contributed by atoms with E-state index in [2.05, 4.69) is 30.4 Å². The minimum Gasteiger partial charge on any atom is -0.299 e. The van der Waals surface area contributed by atoms with E-state index >= 15 is 0 Å². The SMILES string of the molecule is O=C(CC1CCCC1)C12C=CC(/C=C/c3ccccc3)=NC1C2. The molecule has 4 rings (SSSR count). The van der Waals surface area contributed by atoms with E-state index in [-0.39, 0.29) is 11.5 Å². The Morgan fingerprint density at radius 1 is 1.17 bits per heavy atom. The molecule has 1 aromatic rings. The average molecular weight is 305 g/mol. The van der Waals surface area contributed by atoms with E-state index in [1.165, 1.54) is 31.2 Å². The van der Waals surface area contributed by atoms with E-state index < -0.39 is 0 Å². The quantitative estimate of drug-likeness (QED) is 0.780. The lowest BCUT2D eigenvalue weighted by atomic mass is 9.89. The molecule has 2 fully saturated rings. The maximum Gasteiger partial charge on any atom is 0.145 e. The Morgan fingerprint density at radius 2 is 1.96 bits per heavy atom. The van der Waals surface area contributed by atoms with E-state index in [1.54, 1.807) is 0 Å². The van der Waals surface area contributed by atoms with Crippen molar-refractivity contribution in [3.63, 3.8) is 0 Å². The molecule has 1 heterocycles. The van der Waals surface area contributed by atoms with Crippen LogP contribution in [0.15, 0.2) is 53.6 Å². The molecule has 0 radical (unpaired) electrons. The number of benzene rings is 1. The van der Waals surface area contributed by atoms with Crippen LogP contribution in [0, 0.1) is 11.3 Å². The second-order valence-electron chi connectivity index (χ2n) is 7.17. The van der Waals surface area contributed by atoms with Crippen molar-refractivity contribution in [2.45, 2.75) is 44.6 Å². The molecule has 0 saturated heterocycles. The van der Waals surface area contributed by atoms with Crippen LogP contribution >= 0.6 is 0 Å². The minimum absolute atomic E-state index is 0.192. The summed E-state index contributed by atoms with van der Waals surface area (Å²) in [5, 5.41) is 0. The molecule has 2 heteroatoms. The summed E-state index contributed by atoms with van der Waals surface area (Å²) in [6.45, 7) is 0. The first-order valence-corrected chi connectivity index (χ1v) is 8.80. The van der Waals surface area contributed by atoms with Crippen LogP contribution in [0.5, 0.6) is 0 Å². The number of carbonyl (C=O) groups excluding carboxylic acids is 1. The highest BCUT2D eigenvalue weighted by molar-refractivity contribution is 6.09. The number of ketones is 1. The van der Waals surface area contributed by atoms with Crippen LogP contribution in [-0.2, 0) is 4.79 Å². The average Bonchev–Trinajstić information content (AvgIpc) is 3.11. The summed E-state index contributed by atoms with van der Waals surface area (Å²) in [7, 11) is 0. The van der Waals surface area contributed by atoms with Gasteiger partial charge in [-0.25, -0.2) is 0 Å². The van der Waals surface area contributed by atoms with Crippen LogP contribution in [0.4, 0.5) is 0 Å². The molecule has 2 nitrogen and oxygen atoms in total. The molecule has 0 N–H and O–H groups in total. The Balaban J connectivity index is 1.40. The maximum absolute atomic E-state index is 12.7. The van der Waals surface area contributed by atoms with Crippen LogP contribution in [0.1, 0.15) is 44.1 Å². The number of Topliss-reactive ketones (excluding diaryl/α,β-unsaturated/α-hetero) is 1. The molecule has 0 aromatic heterocycles. The van der Waals surface area contributed by atoms with Crippen molar-refractivity contribution >= 4 is 17.6 Å². The van der Waals surface area contributed by atoms with Crippen molar-refractivity contribution in [3.8, 4) is 0 Å². The number of dihydropyridines is 1. The highest BCUT2D eigenvalue weighted by Gasteiger charge is 2.59. The van der Waals surface area contributed by atoms with Crippen LogP contribution in [0.3, 0.4) is 0 Å². The number of aliphatic imine (C=N–C) groups is 1. The van der Waals surface area contributed by atoms with Gasteiger partial charge in [0.25, 0.3) is 0 Å². The van der Waals surface area contributed by atoms with Gasteiger partial charge in [-0.05, 0) is 30.1 Å². The van der Waals surface area contributed by atoms with Crippen molar-refractivity contribution < 1.29 is 4.79 Å². The van der Waals surface area contributed by atoms with Crippen LogP contribution < -0.4 is 0 Å². The number of nitrogens with zero attached hydrogens (tertiary/aromatic N) is 1. The second-order valence-corrected chi connectivity index (χ2v) is 7.17. The molecule has 0 spiro atoms. The topological polar surface area (TPSA) is 29.4 Å². The fourth-order valence-electron chi connectivity index (χ4n) is 3.96. The fourth-order valence-corrected chi connectivity index (χ4v) is 3.96. The number of rotatable bonds is 5. The molecule has 0 bridgehead atoms. The molecule has 2 atom stereocenters. The van der Waals surface area contributed by atoms with Gasteiger partial charge in [0.05, 0.1) is 17.2 Å². The zero-order chi connectivity index (χ0) is 15.7. The van der Waals surface area contributed by atoms with E-state index in [1.807, 2.05) is 24.3 Å². The van der Waals surface area contributed by atoms with Gasteiger partial charge < -0.3 is 0 Å². The Kier molecular flexibility index (Phi) is 3.76. The van der Waals surface area contributed by atoms with Crippen LogP contribution in [-0.4, -0.2) is 17.5 Å². The Labute approximate surface area is 138 Å². The molecule has 1 aromatic carbocycles. The molecule has 3 aliphatic rings. The summed E-state index contributed by atoms with van der Waals surface area (Å²) in [6.07, 6.45) is 15.1. The zero-order valence-electron chi connectivity index (χ0n) is 13.4. The van der Waals surface area contributed by atoms with Crippen molar-refractivity contribution in [1.82, 2.24) is 0 Å². The van der Waals surface area contributed by atoms with E-state index in [0.29, 0.717) is 11.7 Å². The van der Waals surface area contributed by atoms with Gasteiger partial charge in [-0.15, -0.1) is 0 Å².